The fraction of sp³-hybridized carbons (Fsp3) is 0.200. The second kappa shape index (κ2) is 4.61. The van der Waals surface area contributed by atoms with Crippen molar-refractivity contribution in [2.24, 2.45) is 0 Å². The van der Waals surface area contributed by atoms with Crippen LogP contribution in [-0.4, -0.2) is 10.9 Å². The number of carbonyl (C=O) groups is 1. The Balaban J connectivity index is 2.01. The maximum Gasteiger partial charge on any atom is 0.224 e. The predicted octanol–water partition coefficient (Wildman–Crippen LogP) is 3.02. The van der Waals surface area contributed by atoms with Crippen LogP contribution in [0.2, 0.25) is 0 Å². The van der Waals surface area contributed by atoms with Crippen LogP contribution in [0.4, 0.5) is 5.69 Å². The molecule has 1 aliphatic heterocycles. The number of amides is 1. The maximum absolute atomic E-state index is 11.5. The zero-order chi connectivity index (χ0) is 12.4. The SMILES string of the molecule is O=C1CCCc2cc(-c3cccnc3)ccc2N1. The molecule has 90 valence electrons. The Bertz CT molecular complexity index is 578. The van der Waals surface area contributed by atoms with Gasteiger partial charge in [0.05, 0.1) is 0 Å². The summed E-state index contributed by atoms with van der Waals surface area (Å²) in [6.07, 6.45) is 6.10. The third-order valence-electron chi connectivity index (χ3n) is 3.22. The van der Waals surface area contributed by atoms with Crippen LogP contribution in [0.15, 0.2) is 42.7 Å². The first-order chi connectivity index (χ1) is 8.83. The van der Waals surface area contributed by atoms with E-state index < -0.39 is 0 Å². The molecule has 2 aromatic rings. The van der Waals surface area contributed by atoms with Crippen molar-refractivity contribution < 1.29 is 4.79 Å². The normalized spacial score (nSPS) is 14.6. The van der Waals surface area contributed by atoms with Crippen molar-refractivity contribution in [3.05, 3.63) is 48.3 Å². The van der Waals surface area contributed by atoms with Crippen molar-refractivity contribution in [2.45, 2.75) is 19.3 Å². The average Bonchev–Trinajstić information content (AvgIpc) is 2.59. The summed E-state index contributed by atoms with van der Waals surface area (Å²) in [6, 6.07) is 10.1. The lowest BCUT2D eigenvalue weighted by atomic mass is 10.0. The number of nitrogens with one attached hydrogen (secondary N) is 1. The van der Waals surface area contributed by atoms with Gasteiger partial charge in [0, 0.05) is 24.5 Å². The van der Waals surface area contributed by atoms with Crippen LogP contribution in [0, 0.1) is 0 Å². The summed E-state index contributed by atoms with van der Waals surface area (Å²) >= 11 is 0. The van der Waals surface area contributed by atoms with Gasteiger partial charge in [-0.3, -0.25) is 9.78 Å². The van der Waals surface area contributed by atoms with Gasteiger partial charge in [-0.15, -0.1) is 0 Å². The maximum atomic E-state index is 11.5. The molecule has 0 unspecified atom stereocenters. The Kier molecular flexibility index (Phi) is 2.81. The number of aryl methyl sites for hydroxylation is 1. The molecule has 0 radical (unpaired) electrons. The molecular formula is C15H14N2O. The monoisotopic (exact) mass is 238 g/mol. The summed E-state index contributed by atoms with van der Waals surface area (Å²) in [7, 11) is 0. The second-order valence-electron chi connectivity index (χ2n) is 4.52. The smallest absolute Gasteiger partial charge is 0.224 e. The Labute approximate surface area is 106 Å². The molecule has 0 saturated carbocycles. The van der Waals surface area contributed by atoms with Crippen molar-refractivity contribution in [1.29, 1.82) is 0 Å². The number of hydrogen-bond acceptors (Lipinski definition) is 2. The van der Waals surface area contributed by atoms with Crippen molar-refractivity contribution in [3.63, 3.8) is 0 Å². The average molecular weight is 238 g/mol. The number of anilines is 1. The largest absolute Gasteiger partial charge is 0.326 e. The van der Waals surface area contributed by atoms with E-state index in [4.69, 9.17) is 0 Å². The predicted molar refractivity (Wildman–Crippen MR) is 71.2 cm³/mol. The zero-order valence-electron chi connectivity index (χ0n) is 10.0. The first-order valence-corrected chi connectivity index (χ1v) is 6.16. The van der Waals surface area contributed by atoms with Crippen LogP contribution in [0.5, 0.6) is 0 Å². The second-order valence-corrected chi connectivity index (χ2v) is 4.52. The van der Waals surface area contributed by atoms with Gasteiger partial charge in [0.1, 0.15) is 0 Å². The summed E-state index contributed by atoms with van der Waals surface area (Å²) in [6.45, 7) is 0. The van der Waals surface area contributed by atoms with E-state index in [1.807, 2.05) is 30.5 Å². The van der Waals surface area contributed by atoms with Gasteiger partial charge in [0.25, 0.3) is 0 Å². The summed E-state index contributed by atoms with van der Waals surface area (Å²) in [5, 5.41) is 2.95. The third kappa shape index (κ3) is 2.12. The third-order valence-corrected chi connectivity index (χ3v) is 3.22. The number of aromatic nitrogens is 1. The minimum absolute atomic E-state index is 0.114. The van der Waals surface area contributed by atoms with Gasteiger partial charge in [-0.1, -0.05) is 12.1 Å². The summed E-state index contributed by atoms with van der Waals surface area (Å²) in [5.41, 5.74) is 4.42. The summed E-state index contributed by atoms with van der Waals surface area (Å²) in [4.78, 5) is 15.6. The van der Waals surface area contributed by atoms with Crippen LogP contribution in [0.3, 0.4) is 0 Å². The number of nitrogens with zero attached hydrogens (tertiary/aromatic N) is 1. The van der Waals surface area contributed by atoms with E-state index in [9.17, 15) is 4.79 Å². The van der Waals surface area contributed by atoms with Crippen LogP contribution in [-0.2, 0) is 11.2 Å². The minimum atomic E-state index is 0.114. The van der Waals surface area contributed by atoms with E-state index in [-0.39, 0.29) is 5.91 Å². The molecular weight excluding hydrogens is 224 g/mol. The van der Waals surface area contributed by atoms with E-state index >= 15 is 0 Å². The molecule has 0 spiro atoms. The topological polar surface area (TPSA) is 42.0 Å². The van der Waals surface area contributed by atoms with Gasteiger partial charge < -0.3 is 5.32 Å². The molecule has 3 heteroatoms. The van der Waals surface area contributed by atoms with E-state index in [2.05, 4.69) is 16.4 Å². The fourth-order valence-corrected chi connectivity index (χ4v) is 2.29. The van der Waals surface area contributed by atoms with E-state index in [0.29, 0.717) is 6.42 Å². The summed E-state index contributed by atoms with van der Waals surface area (Å²) < 4.78 is 0. The lowest BCUT2D eigenvalue weighted by molar-refractivity contribution is -0.116. The Morgan fingerprint density at radius 1 is 1.11 bits per heavy atom. The van der Waals surface area contributed by atoms with E-state index in [1.54, 1.807) is 6.20 Å². The fourth-order valence-electron chi connectivity index (χ4n) is 2.29. The molecule has 1 aliphatic rings. The van der Waals surface area contributed by atoms with Crippen LogP contribution >= 0.6 is 0 Å². The molecule has 0 atom stereocenters. The molecule has 0 fully saturated rings. The summed E-state index contributed by atoms with van der Waals surface area (Å²) in [5.74, 6) is 0.114. The zero-order valence-corrected chi connectivity index (χ0v) is 10.0. The highest BCUT2D eigenvalue weighted by Gasteiger charge is 2.13. The molecule has 0 bridgehead atoms. The lowest BCUT2D eigenvalue weighted by Gasteiger charge is -2.09. The molecule has 18 heavy (non-hydrogen) atoms. The van der Waals surface area contributed by atoms with Crippen LogP contribution < -0.4 is 5.32 Å². The van der Waals surface area contributed by atoms with Crippen molar-refractivity contribution in [2.75, 3.05) is 5.32 Å². The van der Waals surface area contributed by atoms with E-state index in [0.717, 1.165) is 29.7 Å². The molecule has 0 saturated heterocycles. The van der Waals surface area contributed by atoms with Crippen LogP contribution in [0.1, 0.15) is 18.4 Å². The number of rotatable bonds is 1. The molecule has 1 aromatic carbocycles. The van der Waals surface area contributed by atoms with Crippen molar-refractivity contribution in [1.82, 2.24) is 4.98 Å². The quantitative estimate of drug-likeness (QED) is 0.829. The number of hydrogen-bond donors (Lipinski definition) is 1. The highest BCUT2D eigenvalue weighted by Crippen LogP contribution is 2.27. The highest BCUT2D eigenvalue weighted by atomic mass is 16.1. The number of carbonyl (C=O) groups excluding carboxylic acids is 1. The van der Waals surface area contributed by atoms with E-state index in [1.165, 1.54) is 5.56 Å². The number of pyridine rings is 1. The van der Waals surface area contributed by atoms with Gasteiger partial charge in [-0.2, -0.15) is 0 Å². The molecule has 1 N–H and O–H groups in total. The highest BCUT2D eigenvalue weighted by molar-refractivity contribution is 5.92. The van der Waals surface area contributed by atoms with Crippen molar-refractivity contribution in [3.8, 4) is 11.1 Å². The Morgan fingerprint density at radius 2 is 2.06 bits per heavy atom. The molecule has 0 aliphatic carbocycles. The van der Waals surface area contributed by atoms with Gasteiger partial charge in [-0.25, -0.2) is 0 Å². The van der Waals surface area contributed by atoms with Gasteiger partial charge in [0.2, 0.25) is 5.91 Å². The van der Waals surface area contributed by atoms with Crippen LogP contribution in [0.25, 0.3) is 11.1 Å². The standard InChI is InChI=1S/C15H14N2O/c18-15-5-1-3-12-9-11(6-7-14(12)17-15)13-4-2-8-16-10-13/h2,4,6-10H,1,3,5H2,(H,17,18). The molecule has 1 aromatic heterocycles. The van der Waals surface area contributed by atoms with Gasteiger partial charge in [-0.05, 0) is 47.7 Å². The molecule has 3 rings (SSSR count). The molecule has 1 amide bonds. The number of fused-ring (bicyclic) bond motifs is 1. The Hall–Kier alpha value is -2.16. The van der Waals surface area contributed by atoms with Gasteiger partial charge in [0.15, 0.2) is 0 Å². The first kappa shape index (κ1) is 11.0. The Morgan fingerprint density at radius 3 is 2.89 bits per heavy atom. The van der Waals surface area contributed by atoms with Gasteiger partial charge >= 0.3 is 0 Å². The molecule has 3 nitrogen and oxygen atoms in total. The number of benzene rings is 1. The lowest BCUT2D eigenvalue weighted by Crippen LogP contribution is -2.09. The molecule has 2 heterocycles. The minimum Gasteiger partial charge on any atom is -0.326 e. The van der Waals surface area contributed by atoms with Crippen molar-refractivity contribution >= 4 is 11.6 Å². The first-order valence-electron chi connectivity index (χ1n) is 6.16.